The zero-order chi connectivity index (χ0) is 107. The molecule has 16 N–H and O–H groups in total. The van der Waals surface area contributed by atoms with Gasteiger partial charge in [0.1, 0.15) is 70.9 Å². The SMILES string of the molecule is Cc1cc(F)cc(Cn2ccc(C(=O)c3cncnc3C[C@@H]3C[C@H](COS(N)(=O)=O)[C@@H](O)[C@H]3O)n2)c1.NS(=O)(=O)OC[C@H]1C[C@@H](Cc2ncncc2C(=O)c2ccn(Cc3cccc(OC(F)F)c3)n2)[C@H](O)[C@@H]1O.NS(=O)(=O)OC[C@H]1C[C@@H](Nc2ncncc2C(=O)c2ccn(Cc3ccc(C(F)(F)F)s3)c2)[C@@H](F)[C@@H]1O.NS(=O)(=O)OC[C@H]1C[C@@H](Nc2ncncc2C(=O)c2ccn(S(=O)(=O)c3cccc(Br)c3)c2)C[C@@H]1O. The van der Waals surface area contributed by atoms with Crippen molar-refractivity contribution >= 4 is 113 Å². The number of rotatable bonds is 38. The van der Waals surface area contributed by atoms with Crippen LogP contribution in [0.15, 0.2) is 200 Å². The van der Waals surface area contributed by atoms with Gasteiger partial charge in [-0.3, -0.25) is 45.3 Å². The highest BCUT2D eigenvalue weighted by Gasteiger charge is 2.47. The number of carbonyl (C=O) groups excluding carboxylic acids is 4. The number of halogens is 8. The fourth-order valence-corrected chi connectivity index (χ4v) is 21.1. The molecule has 788 valence electrons. The standard InChI is InChI=1S/C23H25F2N5O7S.C23H26FN5O6S.C21H22BrN5O7S2.C21H21F4N5O5S2/c24-23(25)37-16-3-1-2-13(6-16)10-30-5-4-18(29-30)22(33)17-9-27-12-28-19(17)8-14-7-15(21(32)20(14)31)11-36-38(26,34)35;1-13-4-14(6-17(24)5-13)10-29-3-2-19(28-29)23(32)18-9-26-12-27-20(18)8-15-7-16(22(31)21(15)30)11-35-36(25,33)34;22-15-2-1-3-17(7-15)35(30,31)27-5-4-13(10-27)20(29)18-9-24-12-25-21(18)26-16-6-14(19(28)8-16)11-34-36(23,32)33;22-17-15(5-12(19(17)32)9-35-37(26,33)34)29-20-14(6-27-10-28-20)18(31)11-3-4-30(7-11)8-13-1-2-16(36-13)21(23,24)25/h1-6,9,12,14-15,20-21,23,31-32H,7-8,10-11H2,(H2,26,34,35);2-6,9,12,15-16,21-22,30-31H,7-8,10-11H2,1H3,(H2,25,33,34);1-5,7,9-10,12,14,16,19,28H,6,8,11H2,(H2,23,32,33)(H,24,25,26);1-4,6-7,10,12,15,17,19,32H,5,8-9H2,(H2,26,33,34)(H,27,28,29)/t14-,15+,20-,21+;15-,16+,21-,22+;14-,16-,19+;12-,15-,17-,19-/m0011/s1. The lowest BCUT2D eigenvalue weighted by atomic mass is 9.95. The number of nitrogens with zero attached hydrogens (tertiary/aromatic N) is 14. The molecule has 16 rings (SSSR count). The van der Waals surface area contributed by atoms with Crippen LogP contribution in [0.5, 0.6) is 5.75 Å². The highest BCUT2D eigenvalue weighted by molar-refractivity contribution is 9.10. The number of anilines is 2. The molecule has 0 aliphatic heterocycles. The van der Waals surface area contributed by atoms with Crippen molar-refractivity contribution in [2.24, 2.45) is 56.1 Å². The predicted molar refractivity (Wildman–Crippen MR) is 506 cm³/mol. The highest BCUT2D eigenvalue weighted by Crippen LogP contribution is 2.40. The summed E-state index contributed by atoms with van der Waals surface area (Å²) in [6, 6.07) is 23.9. The molecule has 9 aromatic heterocycles. The van der Waals surface area contributed by atoms with E-state index in [-0.39, 0.29) is 150 Å². The molecule has 4 fully saturated rings. The molecule has 9 heterocycles. The number of nitrogens with two attached hydrogens (primary N) is 4. The van der Waals surface area contributed by atoms with E-state index in [0.717, 1.165) is 21.9 Å². The van der Waals surface area contributed by atoms with Gasteiger partial charge in [0.05, 0.1) is 127 Å². The molecular formula is C88H94BrF7N20O25S6. The molecule has 4 aliphatic carbocycles. The van der Waals surface area contributed by atoms with Crippen LogP contribution in [0.2, 0.25) is 0 Å². The molecule has 4 saturated carbocycles. The van der Waals surface area contributed by atoms with Gasteiger partial charge >= 0.3 is 54.0 Å². The van der Waals surface area contributed by atoms with Crippen LogP contribution >= 0.6 is 27.3 Å². The second-order valence-corrected chi connectivity index (χ2v) is 43.3. The fraction of sp³-hybridized carbons (Fsp3) is 0.364. The van der Waals surface area contributed by atoms with Crippen molar-refractivity contribution in [3.63, 3.8) is 0 Å². The Kier molecular flexibility index (Phi) is 36.6. The van der Waals surface area contributed by atoms with E-state index >= 15 is 0 Å². The molecular weight excluding hydrogens is 2140 g/mol. The van der Waals surface area contributed by atoms with Gasteiger partial charge in [-0.05, 0) is 159 Å². The minimum atomic E-state index is -4.43. The monoisotopic (exact) mass is 2230 g/mol. The van der Waals surface area contributed by atoms with Gasteiger partial charge in [-0.2, -0.15) is 65.8 Å². The van der Waals surface area contributed by atoms with Gasteiger partial charge in [-0.25, -0.2) is 81.6 Å². The second-order valence-electron chi connectivity index (χ2n) is 34.5. The van der Waals surface area contributed by atoms with E-state index in [1.54, 1.807) is 54.2 Å². The average Bonchev–Trinajstić information content (AvgIpc) is 1.66. The largest absolute Gasteiger partial charge is 0.435 e. The number of aryl methyl sites for hydroxylation is 1. The number of aliphatic hydroxyl groups is 6. The summed E-state index contributed by atoms with van der Waals surface area (Å²) in [6.07, 6.45) is 6.58. The number of hydrogen-bond donors (Lipinski definition) is 12. The van der Waals surface area contributed by atoms with E-state index in [9.17, 15) is 123 Å². The number of carbonyl (C=O) groups is 4. The Morgan fingerprint density at radius 2 is 0.993 bits per heavy atom. The molecule has 15 atom stereocenters. The molecule has 59 heteroatoms. The summed E-state index contributed by atoms with van der Waals surface area (Å²) in [5.41, 5.74) is 3.77. The number of thiophene rings is 1. The van der Waals surface area contributed by atoms with E-state index in [2.05, 4.69) is 98.1 Å². The van der Waals surface area contributed by atoms with Gasteiger partial charge in [0, 0.05) is 112 Å². The van der Waals surface area contributed by atoms with Crippen LogP contribution in [0.4, 0.5) is 42.4 Å². The lowest BCUT2D eigenvalue weighted by molar-refractivity contribution is -0.134. The van der Waals surface area contributed by atoms with Crippen LogP contribution in [0.1, 0.15) is 134 Å². The van der Waals surface area contributed by atoms with Crippen molar-refractivity contribution in [2.75, 3.05) is 37.1 Å². The van der Waals surface area contributed by atoms with Crippen LogP contribution in [-0.2, 0) is 107 Å². The average molecular weight is 2240 g/mol. The minimum absolute atomic E-state index is 0.00153. The summed E-state index contributed by atoms with van der Waals surface area (Å²) in [5.74, 6) is -5.85. The van der Waals surface area contributed by atoms with Crippen molar-refractivity contribution in [3.05, 3.63) is 283 Å². The van der Waals surface area contributed by atoms with Gasteiger partial charge in [0.15, 0.2) is 11.6 Å². The molecule has 4 aliphatic rings. The zero-order valence-electron chi connectivity index (χ0n) is 76.5. The first-order chi connectivity index (χ1) is 69.2. The van der Waals surface area contributed by atoms with Crippen LogP contribution in [0.25, 0.3) is 0 Å². The minimum Gasteiger partial charge on any atom is -0.435 e. The van der Waals surface area contributed by atoms with Crippen molar-refractivity contribution in [2.45, 2.75) is 144 Å². The maximum Gasteiger partial charge on any atom is 0.425 e. The molecule has 0 amide bonds. The third-order valence-corrected chi connectivity index (χ3v) is 29.0. The topological polar surface area (TPSA) is 683 Å². The quantitative estimate of drug-likeness (QED) is 0.0182. The highest BCUT2D eigenvalue weighted by atomic mass is 79.9. The van der Waals surface area contributed by atoms with E-state index in [1.807, 2.05) is 6.07 Å². The third kappa shape index (κ3) is 30.8. The number of alkyl halides is 6. The van der Waals surface area contributed by atoms with Crippen LogP contribution in [0, 0.1) is 48.2 Å². The number of aliphatic hydroxyl groups excluding tert-OH is 6. The Labute approximate surface area is 846 Å². The van der Waals surface area contributed by atoms with Crippen molar-refractivity contribution in [1.82, 2.24) is 68.0 Å². The van der Waals surface area contributed by atoms with Crippen LogP contribution in [-0.4, -0.2) is 252 Å². The molecule has 0 saturated heterocycles. The Balaban J connectivity index is 0.000000164. The molecule has 0 spiro atoms. The maximum atomic E-state index is 14.7. The van der Waals surface area contributed by atoms with Gasteiger partial charge in [0.25, 0.3) is 10.0 Å². The Hall–Kier alpha value is -12.1. The molecule has 12 aromatic rings. The first-order valence-electron chi connectivity index (χ1n) is 43.9. The molecule has 0 bridgehead atoms. The summed E-state index contributed by atoms with van der Waals surface area (Å²) >= 11 is 3.86. The smallest absolute Gasteiger partial charge is 0.425 e. The van der Waals surface area contributed by atoms with Crippen LogP contribution in [0.3, 0.4) is 0 Å². The van der Waals surface area contributed by atoms with E-state index in [1.165, 1.54) is 139 Å². The van der Waals surface area contributed by atoms with E-state index < -0.39 is 190 Å². The lowest BCUT2D eigenvalue weighted by Gasteiger charge is -2.18. The first-order valence-corrected chi connectivity index (χ1v) is 52.9. The summed E-state index contributed by atoms with van der Waals surface area (Å²) in [5, 5.41) is 95.8. The Bertz CT molecular complexity index is 7310. The number of nitrogens with one attached hydrogen (secondary N) is 2. The van der Waals surface area contributed by atoms with Gasteiger partial charge < -0.3 is 50.6 Å². The van der Waals surface area contributed by atoms with Crippen molar-refractivity contribution in [3.8, 4) is 5.75 Å². The Morgan fingerprint density at radius 3 is 1.50 bits per heavy atom. The summed E-state index contributed by atoms with van der Waals surface area (Å²) in [7, 11) is -20.7. The van der Waals surface area contributed by atoms with Crippen LogP contribution < -0.4 is 35.9 Å². The number of ether oxygens (including phenoxy) is 1. The Morgan fingerprint density at radius 1 is 0.510 bits per heavy atom. The zero-order valence-corrected chi connectivity index (χ0v) is 83.0. The van der Waals surface area contributed by atoms with Gasteiger partial charge in [-0.1, -0.05) is 40.2 Å². The fourth-order valence-electron chi connectivity index (χ4n) is 16.9. The maximum absolute atomic E-state index is 14.7. The summed E-state index contributed by atoms with van der Waals surface area (Å²) in [6.45, 7) is -2.12. The number of hydrogen-bond acceptors (Lipinski definition) is 38. The molecule has 0 unspecified atom stereocenters. The lowest BCUT2D eigenvalue weighted by Crippen LogP contribution is -2.33. The summed E-state index contributed by atoms with van der Waals surface area (Å²) < 4.78 is 235. The molecule has 3 aromatic carbocycles. The van der Waals surface area contributed by atoms with Gasteiger partial charge in [-0.15, -0.1) is 11.3 Å². The van der Waals surface area contributed by atoms with E-state index in [0.29, 0.717) is 49.6 Å². The number of benzene rings is 3. The van der Waals surface area contributed by atoms with Crippen molar-refractivity contribution < 1.29 is 144 Å². The van der Waals surface area contributed by atoms with E-state index in [4.69, 9.17) is 20.6 Å². The van der Waals surface area contributed by atoms with Gasteiger partial charge in [0.2, 0.25) is 11.6 Å². The molecule has 0 radical (unpaired) electrons. The molecule has 45 nitrogen and oxygen atoms in total. The molecule has 147 heavy (non-hydrogen) atoms. The third-order valence-electron chi connectivity index (χ3n) is 23.9. The second kappa shape index (κ2) is 48.0. The summed E-state index contributed by atoms with van der Waals surface area (Å²) in [4.78, 5) is 84.8. The predicted octanol–water partition coefficient (Wildman–Crippen LogP) is 4.83. The number of aromatic nitrogens is 14. The van der Waals surface area contributed by atoms with Crippen molar-refractivity contribution in [1.29, 1.82) is 0 Å². The number of ketones is 4. The normalized spacial score (nSPS) is 21.6. The first kappa shape index (κ1) is 112.